The molecule has 0 N–H and O–H groups in total. The van der Waals surface area contributed by atoms with Crippen molar-refractivity contribution in [2.75, 3.05) is 168 Å². The van der Waals surface area contributed by atoms with Crippen molar-refractivity contribution in [3.63, 3.8) is 0 Å². The summed E-state index contributed by atoms with van der Waals surface area (Å²) in [7, 11) is 22.1. The Balaban J connectivity index is 0.000000211. The first kappa shape index (κ1) is 87.2. The number of alkyl halides is 6. The van der Waals surface area contributed by atoms with E-state index < -0.39 is 23.5 Å². The maximum atomic E-state index is 13.1. The lowest BCUT2D eigenvalue weighted by molar-refractivity contribution is -0.143. The van der Waals surface area contributed by atoms with Crippen molar-refractivity contribution in [3.05, 3.63) is 290 Å². The summed E-state index contributed by atoms with van der Waals surface area (Å²) in [6.07, 6.45) is -0.823. The summed E-state index contributed by atoms with van der Waals surface area (Å²) in [5.41, 5.74) is 2.45. The summed E-state index contributed by atoms with van der Waals surface area (Å²) in [5.74, 6) is 5.47. The number of ether oxygens (including phenoxy) is 1. The maximum absolute atomic E-state index is 13.1. The molecule has 0 aliphatic heterocycles. The van der Waals surface area contributed by atoms with Gasteiger partial charge in [-0.3, -0.25) is 0 Å². The number of hydrogen-bond donors (Lipinski definition) is 0. The van der Waals surface area contributed by atoms with Gasteiger partial charge in [0.2, 0.25) is 0 Å². The minimum Gasteiger partial charge on any atom is -0.497 e. The van der Waals surface area contributed by atoms with Crippen LogP contribution in [0.25, 0.3) is 0 Å². The molecule has 0 fully saturated rings. The number of anilines is 5. The molecule has 0 aliphatic rings. The number of rotatable bonds is 31. The van der Waals surface area contributed by atoms with E-state index in [1.807, 2.05) is 104 Å². The van der Waals surface area contributed by atoms with Crippen molar-refractivity contribution < 1.29 is 31.1 Å². The highest BCUT2D eigenvalue weighted by atomic mass is 127. The molecule has 24 heteroatoms. The minimum atomic E-state index is -4.87. The average Bonchev–Trinajstić information content (AvgIpc) is 0.873. The van der Waals surface area contributed by atoms with Crippen molar-refractivity contribution in [1.29, 1.82) is 0 Å². The van der Waals surface area contributed by atoms with Crippen LogP contribution in [0.2, 0.25) is 0 Å². The zero-order valence-corrected chi connectivity index (χ0v) is 67.1. The van der Waals surface area contributed by atoms with Crippen molar-refractivity contribution >= 4 is 67.6 Å². The molecule has 5 aromatic carbocycles. The highest BCUT2D eigenvalue weighted by molar-refractivity contribution is 14.1. The lowest BCUT2D eigenvalue weighted by Crippen LogP contribution is -2.32. The van der Waals surface area contributed by atoms with E-state index in [-0.39, 0.29) is 18.2 Å². The van der Waals surface area contributed by atoms with Crippen molar-refractivity contribution in [2.24, 2.45) is 0 Å². The van der Waals surface area contributed by atoms with Gasteiger partial charge >= 0.3 is 12.4 Å². The second-order valence-electron chi connectivity index (χ2n) is 26.6. The van der Waals surface area contributed by atoms with Gasteiger partial charge in [0.1, 0.15) is 34.8 Å². The third-order valence-electron chi connectivity index (χ3n) is 16.3. The van der Waals surface area contributed by atoms with Gasteiger partial charge in [0.25, 0.3) is 0 Å². The van der Waals surface area contributed by atoms with Crippen LogP contribution in [0, 0.1) is 3.57 Å². The molecule has 10 aromatic rings. The van der Waals surface area contributed by atoms with Crippen LogP contribution in [0.15, 0.2) is 248 Å². The highest BCUT2D eigenvalue weighted by Crippen LogP contribution is 2.37. The topological polar surface area (TPSA) is 106 Å². The molecule has 5 heterocycles. The highest BCUT2D eigenvalue weighted by Gasteiger charge is 2.37. The van der Waals surface area contributed by atoms with E-state index in [2.05, 4.69) is 274 Å². The third kappa shape index (κ3) is 34.4. The number of likely N-dealkylation sites (N-methyl/N-ethyl adjacent to an activating group) is 5. The Bertz CT molecular complexity index is 3850. The molecule has 5 aromatic heterocycles. The van der Waals surface area contributed by atoms with Crippen LogP contribution in [0.1, 0.15) is 38.9 Å². The van der Waals surface area contributed by atoms with E-state index >= 15 is 0 Å². The molecule has 0 spiro atoms. The zero-order chi connectivity index (χ0) is 77.6. The third-order valence-corrected chi connectivity index (χ3v) is 17.5. The number of aromatic nitrogens is 5. The number of pyridine rings is 5. The number of benzene rings is 5. The van der Waals surface area contributed by atoms with Crippen LogP contribution < -0.4 is 29.2 Å². The molecule has 0 saturated heterocycles. The second-order valence-corrected chi connectivity index (χ2v) is 28.7. The quantitative estimate of drug-likeness (QED) is 0.0304. The second kappa shape index (κ2) is 46.5. The fourth-order valence-electron chi connectivity index (χ4n) is 10.4. The molecular weight excluding hydrogens is 1540 g/mol. The first-order valence-electron chi connectivity index (χ1n) is 35.2. The summed E-state index contributed by atoms with van der Waals surface area (Å²) in [6.45, 7) is 12.2. The zero-order valence-electron chi connectivity index (χ0n) is 63.3. The number of methoxy groups -OCH3 is 1. The average molecular weight is 1650 g/mol. The summed E-state index contributed by atoms with van der Waals surface area (Å²) in [6, 6.07) is 66.8. The summed E-state index contributed by atoms with van der Waals surface area (Å²) < 4.78 is 85.9. The first-order valence-corrected chi connectivity index (χ1v) is 37.1. The van der Waals surface area contributed by atoms with Gasteiger partial charge in [0, 0.05) is 137 Å². The largest absolute Gasteiger partial charge is 0.497 e. The Morgan fingerprint density at radius 2 is 0.561 bits per heavy atom. The molecular formula is C83H103BrF6IN15O. The molecule has 0 amide bonds. The van der Waals surface area contributed by atoms with Crippen LogP contribution in [0.3, 0.4) is 0 Å². The molecule has 0 bridgehead atoms. The Hall–Kier alpha value is -8.76. The number of hydrogen-bond acceptors (Lipinski definition) is 16. The minimum absolute atomic E-state index is 0.0819. The van der Waals surface area contributed by atoms with Gasteiger partial charge in [-0.2, -0.15) is 26.3 Å². The Morgan fingerprint density at radius 3 is 0.813 bits per heavy atom. The van der Waals surface area contributed by atoms with Crippen molar-refractivity contribution in [2.45, 2.75) is 45.1 Å². The van der Waals surface area contributed by atoms with E-state index in [4.69, 9.17) is 4.74 Å². The molecule has 0 aliphatic carbocycles. The fraction of sp³-hybridized carbons (Fsp3) is 0.337. The number of nitrogens with zero attached hydrogens (tertiary/aromatic N) is 15. The molecule has 0 saturated carbocycles. The van der Waals surface area contributed by atoms with Gasteiger partial charge in [0.15, 0.2) is 0 Å². The summed E-state index contributed by atoms with van der Waals surface area (Å²) in [5, 5.41) is 0. The Kier molecular flexibility index (Phi) is 37.8. The van der Waals surface area contributed by atoms with Gasteiger partial charge in [-0.05, 0) is 236 Å². The lowest BCUT2D eigenvalue weighted by atomic mass is 10.0. The van der Waals surface area contributed by atoms with E-state index in [9.17, 15) is 26.3 Å². The lowest BCUT2D eigenvalue weighted by Gasteiger charge is -2.26. The molecule has 0 atom stereocenters. The molecule has 572 valence electrons. The Labute approximate surface area is 652 Å². The van der Waals surface area contributed by atoms with Crippen molar-refractivity contribution in [3.8, 4) is 5.75 Å². The maximum Gasteiger partial charge on any atom is 0.416 e. The van der Waals surface area contributed by atoms with Crippen LogP contribution in [-0.4, -0.2) is 192 Å². The van der Waals surface area contributed by atoms with E-state index in [1.54, 1.807) is 30.2 Å². The normalized spacial score (nSPS) is 11.2. The van der Waals surface area contributed by atoms with Crippen LogP contribution >= 0.6 is 38.5 Å². The Morgan fingerprint density at radius 1 is 0.308 bits per heavy atom. The van der Waals surface area contributed by atoms with Crippen LogP contribution in [0.4, 0.5) is 55.4 Å². The molecule has 16 nitrogen and oxygen atoms in total. The van der Waals surface area contributed by atoms with Crippen LogP contribution in [0.5, 0.6) is 5.75 Å². The van der Waals surface area contributed by atoms with Gasteiger partial charge in [-0.25, -0.2) is 24.9 Å². The van der Waals surface area contributed by atoms with Gasteiger partial charge in [-0.1, -0.05) is 113 Å². The molecule has 0 unspecified atom stereocenters. The smallest absolute Gasteiger partial charge is 0.416 e. The number of halogens is 8. The molecule has 107 heavy (non-hydrogen) atoms. The predicted octanol–water partition coefficient (Wildman–Crippen LogP) is 16.7. The SMILES string of the molecule is CN(C)CCN(Cc1cc(C(F)(F)F)cc(C(F)(F)F)c1)c1ccccn1.CN(C)CCN(Cc1ccc(Br)cc1)c1ccccn1.CN(C)CCN(Cc1ccc(I)cc1)c1ccccn1.CN(C)CCN(Cc1ccccc1)c1ccccn1.COc1ccc(CN(CCN(C)C)c2ccccn2)cc1. The fourth-order valence-corrected chi connectivity index (χ4v) is 11.0. The van der Waals surface area contributed by atoms with Crippen molar-refractivity contribution in [1.82, 2.24) is 49.4 Å². The van der Waals surface area contributed by atoms with Crippen LogP contribution in [-0.2, 0) is 45.1 Å². The molecule has 10 rings (SSSR count). The van der Waals surface area contributed by atoms with Gasteiger partial charge in [0.05, 0.1) is 18.2 Å². The molecule has 0 radical (unpaired) electrons. The monoisotopic (exact) mass is 1650 g/mol. The first-order chi connectivity index (χ1) is 51.2. The predicted molar refractivity (Wildman–Crippen MR) is 438 cm³/mol. The van der Waals surface area contributed by atoms with Gasteiger partial charge in [-0.15, -0.1) is 0 Å². The summed E-state index contributed by atoms with van der Waals surface area (Å²) >= 11 is 5.81. The summed E-state index contributed by atoms with van der Waals surface area (Å²) in [4.78, 5) is 43.6. The van der Waals surface area contributed by atoms with E-state index in [0.717, 1.165) is 124 Å². The standard InChI is InChI=1S/C18H19F6N3.C17H23N3O.C16H20BrN3.C16H20IN3.C16H21N3/c1-26(2)7-8-27(16-5-3-4-6-25-16)12-13-9-14(17(19,20)21)11-15(10-13)18(22,23)24;1-19(2)12-13-20(17-6-4-5-11-18-17)14-15-7-9-16(21-3)10-8-15;2*1-19(2)11-12-20(16-5-3-4-10-18-16)13-14-6-8-15(17)9-7-14;1-18(2)12-13-19(16-10-6-7-11-17-16)14-15-8-4-3-5-9-15/h3-6,9-11H,7-8,12H2,1-2H3;4-11H,12-14H2,1-3H3;2*3-10H,11-13H2,1-2H3;3-11H,12-14H2,1-2H3. The van der Waals surface area contributed by atoms with E-state index in [1.165, 1.54) is 32.0 Å². The van der Waals surface area contributed by atoms with E-state index in [0.29, 0.717) is 18.9 Å². The van der Waals surface area contributed by atoms with Gasteiger partial charge < -0.3 is 53.7 Å².